The van der Waals surface area contributed by atoms with E-state index in [4.69, 9.17) is 5.73 Å². The number of benzene rings is 1. The Morgan fingerprint density at radius 2 is 2.00 bits per heavy atom. The van der Waals surface area contributed by atoms with E-state index < -0.39 is 5.41 Å². The van der Waals surface area contributed by atoms with Crippen molar-refractivity contribution in [3.63, 3.8) is 0 Å². The third kappa shape index (κ3) is 2.40. The number of nitrogens with two attached hydrogens (primary N) is 1. The molecule has 1 amide bonds. The Kier molecular flexibility index (Phi) is 3.99. The Morgan fingerprint density at radius 1 is 1.33 bits per heavy atom. The number of aliphatic hydroxyl groups excluding tert-OH is 1. The second-order valence-electron chi connectivity index (χ2n) is 4.96. The number of carbonyl (C=O) groups excluding carboxylic acids is 1. The van der Waals surface area contributed by atoms with Crippen molar-refractivity contribution in [2.75, 3.05) is 11.9 Å². The smallest absolute Gasteiger partial charge is 0.231 e. The molecule has 4 nitrogen and oxygen atoms in total. The highest BCUT2D eigenvalue weighted by molar-refractivity contribution is 5.96. The zero-order chi connectivity index (χ0) is 13.0. The molecule has 0 heterocycles. The highest BCUT2D eigenvalue weighted by Gasteiger charge is 2.39. The summed E-state index contributed by atoms with van der Waals surface area (Å²) in [4.78, 5) is 12.4. The van der Waals surface area contributed by atoms with Gasteiger partial charge in [-0.15, -0.1) is 0 Å². The number of amides is 1. The minimum absolute atomic E-state index is 0.0107. The third-order valence-corrected chi connectivity index (χ3v) is 3.87. The van der Waals surface area contributed by atoms with Crippen LogP contribution in [0.25, 0.3) is 0 Å². The van der Waals surface area contributed by atoms with Crippen LogP contribution >= 0.6 is 0 Å². The molecule has 0 unspecified atom stereocenters. The van der Waals surface area contributed by atoms with Gasteiger partial charge in [-0.3, -0.25) is 4.79 Å². The van der Waals surface area contributed by atoms with Gasteiger partial charge in [-0.1, -0.05) is 31.0 Å². The first-order chi connectivity index (χ1) is 8.72. The SMILES string of the molecule is NCC1(C(=O)Nc2ccccc2CO)CCCC1. The fraction of sp³-hybridized carbons (Fsp3) is 0.500. The van der Waals surface area contributed by atoms with Crippen molar-refractivity contribution in [3.05, 3.63) is 29.8 Å². The van der Waals surface area contributed by atoms with Crippen LogP contribution in [-0.2, 0) is 11.4 Å². The third-order valence-electron chi connectivity index (χ3n) is 3.87. The molecule has 1 saturated carbocycles. The van der Waals surface area contributed by atoms with E-state index in [-0.39, 0.29) is 12.5 Å². The molecule has 1 aromatic rings. The molecule has 0 spiro atoms. The van der Waals surface area contributed by atoms with Crippen molar-refractivity contribution in [3.8, 4) is 0 Å². The van der Waals surface area contributed by atoms with Crippen LogP contribution in [0.2, 0.25) is 0 Å². The summed E-state index contributed by atoms with van der Waals surface area (Å²) in [5, 5.41) is 12.2. The number of hydrogen-bond acceptors (Lipinski definition) is 3. The number of para-hydroxylation sites is 1. The van der Waals surface area contributed by atoms with Crippen LogP contribution in [-0.4, -0.2) is 17.6 Å². The minimum atomic E-state index is -0.414. The number of carbonyl (C=O) groups is 1. The van der Waals surface area contributed by atoms with Gasteiger partial charge in [0.2, 0.25) is 5.91 Å². The Balaban J connectivity index is 2.15. The highest BCUT2D eigenvalue weighted by atomic mass is 16.3. The summed E-state index contributed by atoms with van der Waals surface area (Å²) < 4.78 is 0. The van der Waals surface area contributed by atoms with Crippen molar-refractivity contribution in [2.24, 2.45) is 11.1 Å². The van der Waals surface area contributed by atoms with Crippen LogP contribution in [0.5, 0.6) is 0 Å². The monoisotopic (exact) mass is 248 g/mol. The van der Waals surface area contributed by atoms with Crippen molar-refractivity contribution in [2.45, 2.75) is 32.3 Å². The van der Waals surface area contributed by atoms with Crippen LogP contribution in [0.3, 0.4) is 0 Å². The molecule has 0 saturated heterocycles. The first-order valence-electron chi connectivity index (χ1n) is 6.42. The van der Waals surface area contributed by atoms with Crippen LogP contribution < -0.4 is 11.1 Å². The molecule has 0 bridgehead atoms. The van der Waals surface area contributed by atoms with Gasteiger partial charge in [0.25, 0.3) is 0 Å². The van der Waals surface area contributed by atoms with E-state index in [0.717, 1.165) is 31.2 Å². The average molecular weight is 248 g/mol. The summed E-state index contributed by atoms with van der Waals surface area (Å²) in [5.41, 5.74) is 6.79. The molecule has 1 fully saturated rings. The van der Waals surface area contributed by atoms with Crippen LogP contribution in [0.15, 0.2) is 24.3 Å². The number of nitrogens with one attached hydrogen (secondary N) is 1. The van der Waals surface area contributed by atoms with Crippen LogP contribution in [0.1, 0.15) is 31.2 Å². The molecule has 18 heavy (non-hydrogen) atoms. The van der Waals surface area contributed by atoms with E-state index in [1.54, 1.807) is 6.07 Å². The molecule has 1 aliphatic carbocycles. The second kappa shape index (κ2) is 5.50. The van der Waals surface area contributed by atoms with Gasteiger partial charge in [-0.05, 0) is 18.9 Å². The molecule has 1 aromatic carbocycles. The van der Waals surface area contributed by atoms with Crippen molar-refractivity contribution < 1.29 is 9.90 Å². The standard InChI is InChI=1S/C14H20N2O2/c15-10-14(7-3-4-8-14)13(18)16-12-6-2-1-5-11(12)9-17/h1-2,5-6,17H,3-4,7-10,15H2,(H,16,18). The van der Waals surface area contributed by atoms with Crippen molar-refractivity contribution in [1.82, 2.24) is 0 Å². The lowest BCUT2D eigenvalue weighted by atomic mass is 9.85. The van der Waals surface area contributed by atoms with E-state index in [2.05, 4.69) is 5.32 Å². The maximum absolute atomic E-state index is 12.4. The van der Waals surface area contributed by atoms with E-state index in [0.29, 0.717) is 12.2 Å². The van der Waals surface area contributed by atoms with Crippen molar-refractivity contribution in [1.29, 1.82) is 0 Å². The van der Waals surface area contributed by atoms with Crippen LogP contribution in [0, 0.1) is 5.41 Å². The molecule has 98 valence electrons. The Morgan fingerprint density at radius 3 is 2.61 bits per heavy atom. The molecule has 1 aliphatic rings. The molecule has 4 N–H and O–H groups in total. The Bertz CT molecular complexity index is 426. The summed E-state index contributed by atoms with van der Waals surface area (Å²) in [6.45, 7) is 0.312. The maximum atomic E-state index is 12.4. The van der Waals surface area contributed by atoms with Crippen molar-refractivity contribution >= 4 is 11.6 Å². The summed E-state index contributed by atoms with van der Waals surface area (Å²) in [6.07, 6.45) is 3.84. The quantitative estimate of drug-likeness (QED) is 0.758. The summed E-state index contributed by atoms with van der Waals surface area (Å²) in [7, 11) is 0. The van der Waals surface area contributed by atoms with E-state index in [9.17, 15) is 9.90 Å². The molecular weight excluding hydrogens is 228 g/mol. The van der Waals surface area contributed by atoms with Gasteiger partial charge in [0.1, 0.15) is 0 Å². The number of anilines is 1. The molecule has 2 rings (SSSR count). The fourth-order valence-electron chi connectivity index (χ4n) is 2.61. The predicted molar refractivity (Wildman–Crippen MR) is 70.9 cm³/mol. The van der Waals surface area contributed by atoms with E-state index in [1.807, 2.05) is 18.2 Å². The summed E-state index contributed by atoms with van der Waals surface area (Å²) >= 11 is 0. The molecule has 4 heteroatoms. The minimum Gasteiger partial charge on any atom is -0.392 e. The van der Waals surface area contributed by atoms with Gasteiger partial charge in [-0.2, -0.15) is 0 Å². The number of rotatable bonds is 4. The van der Waals surface area contributed by atoms with Gasteiger partial charge in [0.15, 0.2) is 0 Å². The summed E-state index contributed by atoms with van der Waals surface area (Å²) in [6, 6.07) is 7.30. The first kappa shape index (κ1) is 13.1. The average Bonchev–Trinajstić information content (AvgIpc) is 2.89. The Hall–Kier alpha value is -1.39. The van der Waals surface area contributed by atoms with Crippen LogP contribution in [0.4, 0.5) is 5.69 Å². The fourth-order valence-corrected chi connectivity index (χ4v) is 2.61. The molecule has 0 atom stereocenters. The first-order valence-corrected chi connectivity index (χ1v) is 6.42. The van der Waals surface area contributed by atoms with Gasteiger partial charge in [0.05, 0.1) is 12.0 Å². The summed E-state index contributed by atoms with van der Waals surface area (Å²) in [5.74, 6) is -0.0107. The lowest BCUT2D eigenvalue weighted by Gasteiger charge is -2.26. The lowest BCUT2D eigenvalue weighted by molar-refractivity contribution is -0.124. The second-order valence-corrected chi connectivity index (χ2v) is 4.96. The van der Waals surface area contributed by atoms with Gasteiger partial charge in [-0.25, -0.2) is 0 Å². The van der Waals surface area contributed by atoms with Gasteiger partial charge in [0, 0.05) is 17.8 Å². The van der Waals surface area contributed by atoms with E-state index in [1.165, 1.54) is 0 Å². The molecule has 0 aliphatic heterocycles. The predicted octanol–water partition coefficient (Wildman–Crippen LogP) is 1.64. The van der Waals surface area contributed by atoms with Gasteiger partial charge >= 0.3 is 0 Å². The molecular formula is C14H20N2O2. The van der Waals surface area contributed by atoms with E-state index >= 15 is 0 Å². The molecule has 0 aromatic heterocycles. The zero-order valence-electron chi connectivity index (χ0n) is 10.5. The zero-order valence-corrected chi connectivity index (χ0v) is 10.5. The van der Waals surface area contributed by atoms with Gasteiger partial charge < -0.3 is 16.2 Å². The largest absolute Gasteiger partial charge is 0.392 e. The maximum Gasteiger partial charge on any atom is 0.231 e. The number of hydrogen-bond donors (Lipinski definition) is 3. The lowest BCUT2D eigenvalue weighted by Crippen LogP contribution is -2.40. The topological polar surface area (TPSA) is 75.4 Å². The Labute approximate surface area is 107 Å². The number of aliphatic hydroxyl groups is 1. The molecule has 0 radical (unpaired) electrons. The highest BCUT2D eigenvalue weighted by Crippen LogP contribution is 2.38. The normalized spacial score (nSPS) is 17.7.